The maximum Gasteiger partial charge on any atom is 0.315 e. The van der Waals surface area contributed by atoms with Crippen LogP contribution < -0.4 is 10.6 Å². The van der Waals surface area contributed by atoms with Gasteiger partial charge in [-0.1, -0.05) is 13.3 Å². The second-order valence-corrected chi connectivity index (χ2v) is 6.54. The standard InChI is InChI=1S/C14H21N3O3S/c1-3-9(11-15-7-8-21-11)16-13(20)17-10-5-4-6-14(10,2)12(18)19/h7-10H,3-6H2,1-2H3,(H,18,19)(H2,16,17,20). The smallest absolute Gasteiger partial charge is 0.315 e. The molecule has 21 heavy (non-hydrogen) atoms. The number of hydrogen-bond donors (Lipinski definition) is 3. The Morgan fingerprint density at radius 1 is 1.62 bits per heavy atom. The summed E-state index contributed by atoms with van der Waals surface area (Å²) >= 11 is 1.50. The second kappa shape index (κ2) is 6.43. The van der Waals surface area contributed by atoms with Crippen molar-refractivity contribution in [1.82, 2.24) is 15.6 Å². The van der Waals surface area contributed by atoms with Crippen LogP contribution in [-0.2, 0) is 4.79 Å². The van der Waals surface area contributed by atoms with Gasteiger partial charge in [-0.2, -0.15) is 0 Å². The summed E-state index contributed by atoms with van der Waals surface area (Å²) in [4.78, 5) is 27.7. The Bertz CT molecular complexity index is 506. The number of urea groups is 1. The molecule has 0 aromatic carbocycles. The van der Waals surface area contributed by atoms with Crippen LogP contribution in [0.4, 0.5) is 4.79 Å². The van der Waals surface area contributed by atoms with Gasteiger partial charge in [-0.05, 0) is 26.2 Å². The Balaban J connectivity index is 1.97. The third kappa shape index (κ3) is 3.34. The van der Waals surface area contributed by atoms with E-state index in [1.807, 2.05) is 12.3 Å². The maximum absolute atomic E-state index is 12.1. The molecule has 0 radical (unpaired) electrons. The zero-order chi connectivity index (χ0) is 15.5. The summed E-state index contributed by atoms with van der Waals surface area (Å²) in [5.74, 6) is -0.850. The van der Waals surface area contributed by atoms with E-state index in [2.05, 4.69) is 15.6 Å². The molecule has 0 bridgehead atoms. The van der Waals surface area contributed by atoms with Gasteiger partial charge in [-0.3, -0.25) is 4.79 Å². The van der Waals surface area contributed by atoms with E-state index < -0.39 is 11.4 Å². The van der Waals surface area contributed by atoms with Crippen LogP contribution >= 0.6 is 11.3 Å². The molecular formula is C14H21N3O3S. The summed E-state index contributed by atoms with van der Waals surface area (Å²) in [6, 6.07) is -0.789. The highest BCUT2D eigenvalue weighted by Crippen LogP contribution is 2.38. The zero-order valence-electron chi connectivity index (χ0n) is 12.3. The molecule has 1 aromatic rings. The molecule has 2 amide bonds. The van der Waals surface area contributed by atoms with Gasteiger partial charge >= 0.3 is 12.0 Å². The van der Waals surface area contributed by atoms with E-state index in [9.17, 15) is 14.7 Å². The number of thiazole rings is 1. The Labute approximate surface area is 128 Å². The summed E-state index contributed by atoms with van der Waals surface area (Å²) in [5.41, 5.74) is -0.875. The molecule has 0 aliphatic heterocycles. The van der Waals surface area contributed by atoms with Crippen molar-refractivity contribution in [3.05, 3.63) is 16.6 Å². The number of nitrogens with one attached hydrogen (secondary N) is 2. The number of hydrogen-bond acceptors (Lipinski definition) is 4. The lowest BCUT2D eigenvalue weighted by Gasteiger charge is -2.28. The van der Waals surface area contributed by atoms with Gasteiger partial charge in [0.25, 0.3) is 0 Å². The molecule has 6 nitrogen and oxygen atoms in total. The number of nitrogens with zero attached hydrogens (tertiary/aromatic N) is 1. The number of carbonyl (C=O) groups excluding carboxylic acids is 1. The van der Waals surface area contributed by atoms with Gasteiger partial charge in [-0.15, -0.1) is 11.3 Å². The van der Waals surface area contributed by atoms with E-state index in [0.29, 0.717) is 12.8 Å². The normalized spacial score (nSPS) is 26.3. The number of carboxylic acid groups (broad SMARTS) is 1. The van der Waals surface area contributed by atoms with E-state index in [4.69, 9.17) is 0 Å². The first kappa shape index (κ1) is 15.8. The first-order chi connectivity index (χ1) is 9.97. The molecule has 0 spiro atoms. The molecule has 1 saturated carbocycles. The van der Waals surface area contributed by atoms with Crippen molar-refractivity contribution in [1.29, 1.82) is 0 Å². The lowest BCUT2D eigenvalue weighted by atomic mass is 9.85. The van der Waals surface area contributed by atoms with E-state index in [1.165, 1.54) is 11.3 Å². The van der Waals surface area contributed by atoms with Crippen LogP contribution in [0.1, 0.15) is 50.6 Å². The minimum atomic E-state index is -0.875. The van der Waals surface area contributed by atoms with Crippen LogP contribution in [0.15, 0.2) is 11.6 Å². The van der Waals surface area contributed by atoms with Gasteiger partial charge in [-0.25, -0.2) is 9.78 Å². The maximum atomic E-state index is 12.1. The van der Waals surface area contributed by atoms with Crippen molar-refractivity contribution in [3.8, 4) is 0 Å². The average molecular weight is 311 g/mol. The van der Waals surface area contributed by atoms with Crippen molar-refractivity contribution < 1.29 is 14.7 Å². The number of carbonyl (C=O) groups is 2. The highest BCUT2D eigenvalue weighted by molar-refractivity contribution is 7.09. The topological polar surface area (TPSA) is 91.3 Å². The zero-order valence-corrected chi connectivity index (χ0v) is 13.1. The molecule has 1 fully saturated rings. The van der Waals surface area contributed by atoms with Gasteiger partial charge < -0.3 is 15.7 Å². The molecule has 116 valence electrons. The van der Waals surface area contributed by atoms with Crippen molar-refractivity contribution >= 4 is 23.3 Å². The number of aliphatic carboxylic acids is 1. The number of rotatable bonds is 5. The number of aromatic nitrogens is 1. The van der Waals surface area contributed by atoms with Crippen LogP contribution in [0.3, 0.4) is 0 Å². The van der Waals surface area contributed by atoms with Crippen molar-refractivity contribution in [2.24, 2.45) is 5.41 Å². The van der Waals surface area contributed by atoms with Gasteiger partial charge in [0.15, 0.2) is 0 Å². The Kier molecular flexibility index (Phi) is 4.82. The highest BCUT2D eigenvalue weighted by atomic mass is 32.1. The van der Waals surface area contributed by atoms with Gasteiger partial charge in [0.05, 0.1) is 11.5 Å². The quantitative estimate of drug-likeness (QED) is 0.779. The van der Waals surface area contributed by atoms with Crippen LogP contribution in [-0.4, -0.2) is 28.1 Å². The summed E-state index contributed by atoms with van der Waals surface area (Å²) in [7, 11) is 0. The lowest BCUT2D eigenvalue weighted by Crippen LogP contribution is -2.50. The molecule has 3 N–H and O–H groups in total. The van der Waals surface area contributed by atoms with Gasteiger partial charge in [0, 0.05) is 17.6 Å². The van der Waals surface area contributed by atoms with Crippen LogP contribution in [0.2, 0.25) is 0 Å². The Morgan fingerprint density at radius 2 is 2.38 bits per heavy atom. The predicted molar refractivity (Wildman–Crippen MR) is 80.2 cm³/mol. The van der Waals surface area contributed by atoms with Crippen molar-refractivity contribution in [3.63, 3.8) is 0 Å². The molecule has 3 atom stereocenters. The van der Waals surface area contributed by atoms with E-state index in [0.717, 1.165) is 17.8 Å². The number of amides is 2. The van der Waals surface area contributed by atoms with Crippen molar-refractivity contribution in [2.45, 2.75) is 51.6 Å². The fourth-order valence-electron chi connectivity index (χ4n) is 2.76. The minimum Gasteiger partial charge on any atom is -0.481 e. The SMILES string of the molecule is CCC(NC(=O)NC1CCCC1(C)C(=O)O)c1nccs1. The minimum absolute atomic E-state index is 0.137. The third-order valence-corrected chi connectivity index (χ3v) is 5.10. The predicted octanol–water partition coefficient (Wildman–Crippen LogP) is 2.54. The van der Waals surface area contributed by atoms with Crippen LogP contribution in [0.25, 0.3) is 0 Å². The monoisotopic (exact) mass is 311 g/mol. The first-order valence-electron chi connectivity index (χ1n) is 7.17. The fourth-order valence-corrected chi connectivity index (χ4v) is 3.53. The third-order valence-electron chi connectivity index (χ3n) is 4.21. The molecule has 3 unspecified atom stereocenters. The molecule has 7 heteroatoms. The molecule has 1 aliphatic carbocycles. The molecule has 0 saturated heterocycles. The second-order valence-electron chi connectivity index (χ2n) is 5.62. The molecule has 1 aliphatic rings. The lowest BCUT2D eigenvalue weighted by molar-refractivity contribution is -0.148. The van der Waals surface area contributed by atoms with Gasteiger partial charge in [0.2, 0.25) is 0 Å². The van der Waals surface area contributed by atoms with E-state index in [-0.39, 0.29) is 18.1 Å². The van der Waals surface area contributed by atoms with Crippen LogP contribution in [0.5, 0.6) is 0 Å². The first-order valence-corrected chi connectivity index (χ1v) is 8.05. The van der Waals surface area contributed by atoms with E-state index >= 15 is 0 Å². The molecular weight excluding hydrogens is 290 g/mol. The fraction of sp³-hybridized carbons (Fsp3) is 0.643. The van der Waals surface area contributed by atoms with Crippen LogP contribution in [0, 0.1) is 5.41 Å². The molecule has 1 aromatic heterocycles. The molecule has 2 rings (SSSR count). The highest BCUT2D eigenvalue weighted by Gasteiger charge is 2.46. The Hall–Kier alpha value is -1.63. The summed E-state index contributed by atoms with van der Waals surface area (Å²) in [5, 5.41) is 17.8. The van der Waals surface area contributed by atoms with Gasteiger partial charge in [0.1, 0.15) is 5.01 Å². The van der Waals surface area contributed by atoms with Crippen molar-refractivity contribution in [2.75, 3.05) is 0 Å². The summed E-state index contributed by atoms with van der Waals surface area (Å²) in [6.45, 7) is 3.68. The van der Waals surface area contributed by atoms with E-state index in [1.54, 1.807) is 13.1 Å². The molecule has 1 heterocycles. The largest absolute Gasteiger partial charge is 0.481 e. The summed E-state index contributed by atoms with van der Waals surface area (Å²) in [6.07, 6.45) is 4.56. The number of carboxylic acids is 1. The summed E-state index contributed by atoms with van der Waals surface area (Å²) < 4.78 is 0. The average Bonchev–Trinajstić information content (AvgIpc) is 3.07. The Morgan fingerprint density at radius 3 is 2.95 bits per heavy atom.